The summed E-state index contributed by atoms with van der Waals surface area (Å²) >= 11 is 0. The number of benzene rings is 1. The van der Waals surface area contributed by atoms with Gasteiger partial charge in [0.25, 0.3) is 0 Å². The molecule has 1 aromatic rings. The highest BCUT2D eigenvalue weighted by Gasteiger charge is 2.27. The van der Waals surface area contributed by atoms with Gasteiger partial charge in [0.2, 0.25) is 11.8 Å². The van der Waals surface area contributed by atoms with Gasteiger partial charge in [-0.2, -0.15) is 0 Å². The Morgan fingerprint density at radius 3 is 2.29 bits per heavy atom. The number of hydrogen-bond donors (Lipinski definition) is 0. The number of rotatable bonds is 7. The predicted molar refractivity (Wildman–Crippen MR) is 123 cm³/mol. The van der Waals surface area contributed by atoms with Gasteiger partial charge in [0.15, 0.2) is 0 Å². The molecule has 0 spiro atoms. The smallest absolute Gasteiger partial charge is 0.222 e. The third-order valence-corrected chi connectivity index (χ3v) is 7.17. The Hall–Kier alpha value is -2.14. The molecule has 2 saturated heterocycles. The van der Waals surface area contributed by atoms with Gasteiger partial charge in [0.1, 0.15) is 0 Å². The standard InChI is InChI=1S/C26H37N3O2/c30-25(28-18-16-27(17-19-28)20-22-8-2-1-3-9-22)12-6-7-13-26(31)29-15-14-23-10-4-5-11-24(23)21-29/h1-3,8-9,11,23H,4-7,10,12-21H2. The maximum Gasteiger partial charge on any atom is 0.222 e. The molecule has 2 fully saturated rings. The molecule has 0 bridgehead atoms. The Kier molecular flexibility index (Phi) is 7.79. The number of carbonyl (C=O) groups excluding carboxylic acids is 2. The second-order valence-corrected chi connectivity index (χ2v) is 9.36. The van der Waals surface area contributed by atoms with Crippen molar-refractivity contribution in [3.05, 3.63) is 47.5 Å². The Morgan fingerprint density at radius 1 is 0.839 bits per heavy atom. The summed E-state index contributed by atoms with van der Waals surface area (Å²) in [4.78, 5) is 31.6. The van der Waals surface area contributed by atoms with Gasteiger partial charge in [0, 0.05) is 58.7 Å². The first-order chi connectivity index (χ1) is 15.2. The summed E-state index contributed by atoms with van der Waals surface area (Å²) in [6.07, 6.45) is 10.1. The number of unbranched alkanes of at least 4 members (excludes halogenated alkanes) is 1. The lowest BCUT2D eigenvalue weighted by Gasteiger charge is -2.36. The van der Waals surface area contributed by atoms with Crippen LogP contribution in [0.5, 0.6) is 0 Å². The van der Waals surface area contributed by atoms with E-state index in [1.807, 2.05) is 15.9 Å². The minimum atomic E-state index is 0.250. The summed E-state index contributed by atoms with van der Waals surface area (Å²) in [5.74, 6) is 1.25. The molecule has 5 heteroatoms. The lowest BCUT2D eigenvalue weighted by molar-refractivity contribution is -0.134. The molecule has 168 valence electrons. The normalized spacial score (nSPS) is 22.1. The van der Waals surface area contributed by atoms with Gasteiger partial charge in [-0.25, -0.2) is 0 Å². The fraction of sp³-hybridized carbons (Fsp3) is 0.615. The van der Waals surface area contributed by atoms with Gasteiger partial charge in [-0.1, -0.05) is 42.0 Å². The molecule has 1 atom stereocenters. The first-order valence-electron chi connectivity index (χ1n) is 12.2. The summed E-state index contributed by atoms with van der Waals surface area (Å²) in [5.41, 5.74) is 2.82. The van der Waals surface area contributed by atoms with Gasteiger partial charge in [0.05, 0.1) is 0 Å². The van der Waals surface area contributed by atoms with E-state index in [4.69, 9.17) is 0 Å². The van der Waals surface area contributed by atoms with E-state index < -0.39 is 0 Å². The lowest BCUT2D eigenvalue weighted by Crippen LogP contribution is -2.48. The van der Waals surface area contributed by atoms with Crippen molar-refractivity contribution >= 4 is 11.8 Å². The molecule has 1 aliphatic carbocycles. The highest BCUT2D eigenvalue weighted by atomic mass is 16.2. The molecule has 1 unspecified atom stereocenters. The third kappa shape index (κ3) is 6.19. The van der Waals surface area contributed by atoms with Crippen LogP contribution in [-0.2, 0) is 16.1 Å². The zero-order chi connectivity index (χ0) is 21.5. The second-order valence-electron chi connectivity index (χ2n) is 9.36. The van der Waals surface area contributed by atoms with Gasteiger partial charge in [-0.05, 0) is 50.0 Å². The van der Waals surface area contributed by atoms with Crippen LogP contribution >= 0.6 is 0 Å². The van der Waals surface area contributed by atoms with Gasteiger partial charge >= 0.3 is 0 Å². The zero-order valence-corrected chi connectivity index (χ0v) is 18.8. The van der Waals surface area contributed by atoms with Crippen molar-refractivity contribution in [1.82, 2.24) is 14.7 Å². The van der Waals surface area contributed by atoms with Crippen LogP contribution in [0.4, 0.5) is 0 Å². The molecule has 2 amide bonds. The molecule has 0 N–H and O–H groups in total. The highest BCUT2D eigenvalue weighted by molar-refractivity contribution is 5.77. The molecule has 2 aliphatic heterocycles. The van der Waals surface area contributed by atoms with Crippen LogP contribution in [0.2, 0.25) is 0 Å². The summed E-state index contributed by atoms with van der Waals surface area (Å²) < 4.78 is 0. The van der Waals surface area contributed by atoms with Crippen molar-refractivity contribution < 1.29 is 9.59 Å². The van der Waals surface area contributed by atoms with Crippen LogP contribution in [0.3, 0.4) is 0 Å². The minimum Gasteiger partial charge on any atom is -0.340 e. The quantitative estimate of drug-likeness (QED) is 0.494. The van der Waals surface area contributed by atoms with E-state index in [1.165, 1.54) is 30.4 Å². The Balaban J connectivity index is 1.10. The fourth-order valence-electron chi connectivity index (χ4n) is 5.22. The minimum absolute atomic E-state index is 0.250. The first-order valence-corrected chi connectivity index (χ1v) is 12.2. The van der Waals surface area contributed by atoms with Crippen LogP contribution in [0.25, 0.3) is 0 Å². The van der Waals surface area contributed by atoms with E-state index in [0.717, 1.165) is 71.0 Å². The molecular weight excluding hydrogens is 386 g/mol. The van der Waals surface area contributed by atoms with Crippen LogP contribution in [0.1, 0.15) is 56.9 Å². The molecule has 5 nitrogen and oxygen atoms in total. The van der Waals surface area contributed by atoms with Crippen molar-refractivity contribution in [3.8, 4) is 0 Å². The van der Waals surface area contributed by atoms with Gasteiger partial charge < -0.3 is 9.80 Å². The summed E-state index contributed by atoms with van der Waals surface area (Å²) in [6.45, 7) is 6.21. The zero-order valence-electron chi connectivity index (χ0n) is 18.8. The fourth-order valence-corrected chi connectivity index (χ4v) is 5.22. The second kappa shape index (κ2) is 10.9. The van der Waals surface area contributed by atoms with Crippen LogP contribution in [0.15, 0.2) is 42.0 Å². The number of piperidine rings is 1. The Bertz CT molecular complexity index is 768. The maximum absolute atomic E-state index is 12.6. The van der Waals surface area contributed by atoms with E-state index >= 15 is 0 Å². The highest BCUT2D eigenvalue weighted by Crippen LogP contribution is 2.32. The van der Waals surface area contributed by atoms with Crippen molar-refractivity contribution in [2.75, 3.05) is 39.3 Å². The number of piperazine rings is 1. The number of allylic oxidation sites excluding steroid dienone is 1. The van der Waals surface area contributed by atoms with Crippen molar-refractivity contribution in [3.63, 3.8) is 0 Å². The van der Waals surface area contributed by atoms with Gasteiger partial charge in [-0.15, -0.1) is 0 Å². The molecule has 3 aliphatic rings. The van der Waals surface area contributed by atoms with E-state index in [-0.39, 0.29) is 11.8 Å². The Morgan fingerprint density at radius 2 is 1.55 bits per heavy atom. The number of carbonyl (C=O) groups is 2. The Labute approximate surface area is 187 Å². The third-order valence-electron chi connectivity index (χ3n) is 7.17. The lowest BCUT2D eigenvalue weighted by atomic mass is 9.82. The average Bonchev–Trinajstić information content (AvgIpc) is 2.82. The maximum atomic E-state index is 12.6. The number of amides is 2. The van der Waals surface area contributed by atoms with Crippen LogP contribution < -0.4 is 0 Å². The molecule has 0 aromatic heterocycles. The molecule has 2 heterocycles. The number of hydrogen-bond acceptors (Lipinski definition) is 3. The van der Waals surface area contributed by atoms with Crippen LogP contribution in [-0.4, -0.2) is 65.8 Å². The van der Waals surface area contributed by atoms with Crippen molar-refractivity contribution in [2.45, 2.75) is 57.9 Å². The molecular formula is C26H37N3O2. The summed E-state index contributed by atoms with van der Waals surface area (Å²) in [7, 11) is 0. The predicted octanol–water partition coefficient (Wildman–Crippen LogP) is 3.85. The molecule has 0 radical (unpaired) electrons. The number of fused-ring (bicyclic) bond motifs is 1. The van der Waals surface area contributed by atoms with Crippen molar-refractivity contribution in [2.24, 2.45) is 5.92 Å². The van der Waals surface area contributed by atoms with Crippen molar-refractivity contribution in [1.29, 1.82) is 0 Å². The SMILES string of the molecule is O=C(CCCCC(=O)N1CCC2CCCC=C2C1)N1CCN(Cc2ccccc2)CC1. The number of nitrogens with zero attached hydrogens (tertiary/aromatic N) is 3. The summed E-state index contributed by atoms with van der Waals surface area (Å²) in [5, 5.41) is 0. The molecule has 1 aromatic carbocycles. The monoisotopic (exact) mass is 423 g/mol. The van der Waals surface area contributed by atoms with E-state index in [2.05, 4.69) is 35.2 Å². The van der Waals surface area contributed by atoms with Crippen LogP contribution in [0, 0.1) is 5.92 Å². The topological polar surface area (TPSA) is 43.9 Å². The largest absolute Gasteiger partial charge is 0.340 e. The van der Waals surface area contributed by atoms with E-state index in [9.17, 15) is 9.59 Å². The van der Waals surface area contributed by atoms with E-state index in [0.29, 0.717) is 12.8 Å². The van der Waals surface area contributed by atoms with E-state index in [1.54, 1.807) is 0 Å². The first kappa shape index (κ1) is 22.1. The number of likely N-dealkylation sites (tertiary alicyclic amines) is 1. The average molecular weight is 424 g/mol. The molecule has 0 saturated carbocycles. The van der Waals surface area contributed by atoms with Gasteiger partial charge in [-0.3, -0.25) is 14.5 Å². The molecule has 4 rings (SSSR count). The molecule has 31 heavy (non-hydrogen) atoms. The summed E-state index contributed by atoms with van der Waals surface area (Å²) in [6, 6.07) is 10.5.